The van der Waals surface area contributed by atoms with Gasteiger partial charge in [-0.15, -0.1) is 11.8 Å². The Bertz CT molecular complexity index is 1350. The second kappa shape index (κ2) is 11.0. The van der Waals surface area contributed by atoms with Gasteiger partial charge in [0, 0.05) is 22.0 Å². The molecule has 1 heterocycles. The lowest BCUT2D eigenvalue weighted by Gasteiger charge is -2.15. The molecule has 11 heteroatoms. The van der Waals surface area contributed by atoms with Gasteiger partial charge in [0.2, 0.25) is 11.8 Å². The number of thioether (sulfide) groups is 1. The first-order valence-electron chi connectivity index (χ1n) is 10.6. The number of halogens is 2. The van der Waals surface area contributed by atoms with Crippen LogP contribution in [0.4, 0.5) is 17.1 Å². The second-order valence-electron chi connectivity index (χ2n) is 7.75. The maximum atomic E-state index is 12.9. The number of benzene rings is 3. The summed E-state index contributed by atoms with van der Waals surface area (Å²) in [5.74, 6) is -2.01. The predicted molar refractivity (Wildman–Crippen MR) is 139 cm³/mol. The Hall–Kier alpha value is -3.53. The summed E-state index contributed by atoms with van der Waals surface area (Å²) in [5.41, 5.74) is 7.19. The van der Waals surface area contributed by atoms with Crippen molar-refractivity contribution in [2.24, 2.45) is 0 Å². The van der Waals surface area contributed by atoms with E-state index in [1.807, 2.05) is 6.07 Å². The number of hydrogen-bond donors (Lipinski definition) is 2. The number of carbonyl (C=O) groups excluding carboxylic acids is 4. The second-order valence-corrected chi connectivity index (χ2v) is 9.87. The lowest BCUT2D eigenvalue weighted by Crippen LogP contribution is -2.31. The molecule has 1 aliphatic heterocycles. The monoisotopic (exact) mass is 543 g/mol. The summed E-state index contributed by atoms with van der Waals surface area (Å²) in [4.78, 5) is 51.8. The first-order chi connectivity index (χ1) is 17.2. The summed E-state index contributed by atoms with van der Waals surface area (Å²) in [7, 11) is 0. The van der Waals surface area contributed by atoms with Crippen LogP contribution in [0.5, 0.6) is 0 Å². The lowest BCUT2D eigenvalue weighted by molar-refractivity contribution is -0.121. The van der Waals surface area contributed by atoms with Crippen molar-refractivity contribution in [3.05, 3.63) is 82.3 Å². The average Bonchev–Trinajstić information content (AvgIpc) is 3.12. The van der Waals surface area contributed by atoms with E-state index in [1.54, 1.807) is 24.3 Å². The third-order valence-electron chi connectivity index (χ3n) is 5.14. The molecule has 3 aromatic rings. The number of anilines is 3. The zero-order valence-corrected chi connectivity index (χ0v) is 20.9. The van der Waals surface area contributed by atoms with Crippen LogP contribution in [0.3, 0.4) is 0 Å². The maximum absolute atomic E-state index is 12.9. The van der Waals surface area contributed by atoms with Gasteiger partial charge in [-0.2, -0.15) is 0 Å². The molecule has 0 bridgehead atoms. The van der Waals surface area contributed by atoms with Crippen molar-refractivity contribution >= 4 is 75.7 Å². The highest BCUT2D eigenvalue weighted by molar-refractivity contribution is 8.00. The van der Waals surface area contributed by atoms with Gasteiger partial charge in [0.25, 0.3) is 5.91 Å². The topological polar surface area (TPSA) is 119 Å². The SMILES string of the molecule is Nc1cccc(SC2CC(=O)N(c3ccc(C(=O)OCC(=O)Nc4ccc(Cl)cc4Cl)cc3)C2=O)c1. The number of amides is 3. The minimum Gasteiger partial charge on any atom is -0.452 e. The molecule has 0 spiro atoms. The molecular formula is C25H19Cl2N3O5S. The summed E-state index contributed by atoms with van der Waals surface area (Å²) in [6, 6.07) is 17.5. The van der Waals surface area contributed by atoms with E-state index in [9.17, 15) is 19.2 Å². The van der Waals surface area contributed by atoms with Crippen molar-refractivity contribution in [2.75, 3.05) is 22.6 Å². The van der Waals surface area contributed by atoms with Crippen molar-refractivity contribution in [1.29, 1.82) is 0 Å². The van der Waals surface area contributed by atoms with Gasteiger partial charge < -0.3 is 15.8 Å². The molecule has 3 N–H and O–H groups in total. The minimum atomic E-state index is -0.743. The number of ether oxygens (including phenoxy) is 1. The molecule has 36 heavy (non-hydrogen) atoms. The van der Waals surface area contributed by atoms with Crippen LogP contribution in [-0.4, -0.2) is 35.5 Å². The van der Waals surface area contributed by atoms with Crippen molar-refractivity contribution in [1.82, 2.24) is 0 Å². The van der Waals surface area contributed by atoms with Crippen molar-refractivity contribution in [3.8, 4) is 0 Å². The molecule has 1 atom stereocenters. The van der Waals surface area contributed by atoms with Crippen LogP contribution in [0, 0.1) is 0 Å². The fourth-order valence-electron chi connectivity index (χ4n) is 3.46. The molecule has 1 aliphatic rings. The van der Waals surface area contributed by atoms with Crippen LogP contribution in [0.1, 0.15) is 16.8 Å². The predicted octanol–water partition coefficient (Wildman–Crippen LogP) is 4.80. The number of esters is 1. The minimum absolute atomic E-state index is 0.0504. The maximum Gasteiger partial charge on any atom is 0.338 e. The molecule has 0 aromatic heterocycles. The van der Waals surface area contributed by atoms with Gasteiger partial charge in [-0.05, 0) is 60.7 Å². The van der Waals surface area contributed by atoms with Gasteiger partial charge in [0.05, 0.1) is 27.2 Å². The normalized spacial score (nSPS) is 15.2. The molecule has 1 unspecified atom stereocenters. The lowest BCUT2D eigenvalue weighted by atomic mass is 10.2. The van der Waals surface area contributed by atoms with Crippen LogP contribution in [-0.2, 0) is 19.1 Å². The van der Waals surface area contributed by atoms with Crippen LogP contribution < -0.4 is 16.0 Å². The quantitative estimate of drug-likeness (QED) is 0.249. The summed E-state index contributed by atoms with van der Waals surface area (Å²) in [5, 5.41) is 2.62. The van der Waals surface area contributed by atoms with Gasteiger partial charge >= 0.3 is 5.97 Å². The van der Waals surface area contributed by atoms with Gasteiger partial charge in [-0.25, -0.2) is 9.69 Å². The molecule has 1 saturated heterocycles. The van der Waals surface area contributed by atoms with Crippen molar-refractivity contribution < 1.29 is 23.9 Å². The summed E-state index contributed by atoms with van der Waals surface area (Å²) in [6.07, 6.45) is 0.0504. The van der Waals surface area contributed by atoms with Crippen LogP contribution in [0.25, 0.3) is 0 Å². The summed E-state index contributed by atoms with van der Waals surface area (Å²) in [6.45, 7) is -0.536. The van der Waals surface area contributed by atoms with E-state index in [0.717, 1.165) is 9.80 Å². The molecule has 184 valence electrons. The molecule has 8 nitrogen and oxygen atoms in total. The number of nitrogens with zero attached hydrogens (tertiary/aromatic N) is 1. The number of nitrogen functional groups attached to an aromatic ring is 1. The first kappa shape index (κ1) is 25.6. The molecule has 3 aromatic carbocycles. The van der Waals surface area contributed by atoms with Gasteiger partial charge in [0.15, 0.2) is 6.61 Å². The van der Waals surface area contributed by atoms with E-state index in [4.69, 9.17) is 33.7 Å². The molecule has 0 radical (unpaired) electrons. The Labute approximate surface area is 220 Å². The van der Waals surface area contributed by atoms with E-state index < -0.39 is 23.7 Å². The van der Waals surface area contributed by atoms with E-state index in [2.05, 4.69) is 5.32 Å². The number of carbonyl (C=O) groups is 4. The standard InChI is InChI=1S/C25H19Cl2N3O5S/c26-15-6-9-20(19(27)10-15)29-22(31)13-35-25(34)14-4-7-17(8-5-14)30-23(32)12-21(24(30)33)36-18-3-1-2-16(28)11-18/h1-11,21H,12-13,28H2,(H,29,31). The smallest absolute Gasteiger partial charge is 0.338 e. The highest BCUT2D eigenvalue weighted by Gasteiger charge is 2.40. The molecule has 0 saturated carbocycles. The molecule has 0 aliphatic carbocycles. The van der Waals surface area contributed by atoms with E-state index in [-0.39, 0.29) is 28.8 Å². The number of rotatable bonds is 7. The van der Waals surface area contributed by atoms with E-state index in [0.29, 0.717) is 22.1 Å². The Morgan fingerprint density at radius 2 is 1.81 bits per heavy atom. The zero-order valence-electron chi connectivity index (χ0n) is 18.6. The number of hydrogen-bond acceptors (Lipinski definition) is 7. The Balaban J connectivity index is 1.34. The summed E-state index contributed by atoms with van der Waals surface area (Å²) < 4.78 is 5.05. The van der Waals surface area contributed by atoms with Crippen LogP contribution >= 0.6 is 35.0 Å². The fraction of sp³-hybridized carbons (Fsp3) is 0.120. The van der Waals surface area contributed by atoms with Gasteiger partial charge in [-0.3, -0.25) is 14.4 Å². The third-order valence-corrected chi connectivity index (χ3v) is 6.87. The van der Waals surface area contributed by atoms with Gasteiger partial charge in [-0.1, -0.05) is 29.3 Å². The first-order valence-corrected chi connectivity index (χ1v) is 12.3. The highest BCUT2D eigenvalue weighted by atomic mass is 35.5. The average molecular weight is 544 g/mol. The summed E-state index contributed by atoms with van der Waals surface area (Å²) >= 11 is 13.1. The molecule has 4 rings (SSSR count). The van der Waals surface area contributed by atoms with E-state index >= 15 is 0 Å². The Kier molecular flexibility index (Phi) is 7.83. The molecule has 3 amide bonds. The highest BCUT2D eigenvalue weighted by Crippen LogP contribution is 2.34. The molecule has 1 fully saturated rings. The van der Waals surface area contributed by atoms with Crippen LogP contribution in [0.15, 0.2) is 71.6 Å². The largest absolute Gasteiger partial charge is 0.452 e. The van der Waals surface area contributed by atoms with Crippen molar-refractivity contribution in [2.45, 2.75) is 16.6 Å². The number of imide groups is 1. The Morgan fingerprint density at radius 3 is 2.50 bits per heavy atom. The van der Waals surface area contributed by atoms with Crippen molar-refractivity contribution in [3.63, 3.8) is 0 Å². The third kappa shape index (κ3) is 5.99. The molecular weight excluding hydrogens is 525 g/mol. The Morgan fingerprint density at radius 1 is 1.06 bits per heavy atom. The fourth-order valence-corrected chi connectivity index (χ4v) is 5.04. The van der Waals surface area contributed by atoms with Gasteiger partial charge in [0.1, 0.15) is 0 Å². The number of nitrogens with two attached hydrogens (primary N) is 1. The number of nitrogens with one attached hydrogen (secondary N) is 1. The van der Waals surface area contributed by atoms with E-state index in [1.165, 1.54) is 48.2 Å². The zero-order chi connectivity index (χ0) is 25.8. The van der Waals surface area contributed by atoms with Crippen LogP contribution in [0.2, 0.25) is 10.0 Å².